The van der Waals surface area contributed by atoms with Crippen LogP contribution >= 0.6 is 0 Å². The van der Waals surface area contributed by atoms with Crippen LogP contribution in [-0.4, -0.2) is 23.9 Å². The summed E-state index contributed by atoms with van der Waals surface area (Å²) in [6.07, 6.45) is 0. The fraction of sp³-hybridized carbons (Fsp3) is 0.115. The molecule has 4 aromatic rings. The van der Waals surface area contributed by atoms with Gasteiger partial charge in [-0.3, -0.25) is 9.59 Å². The highest BCUT2D eigenvalue weighted by molar-refractivity contribution is 6.39. The van der Waals surface area contributed by atoms with E-state index in [-0.39, 0.29) is 11.8 Å². The Bertz CT molecular complexity index is 1360. The third-order valence-corrected chi connectivity index (χ3v) is 5.74. The number of anilines is 1. The number of methoxy groups -OCH3 is 1. The summed E-state index contributed by atoms with van der Waals surface area (Å²) in [6.45, 7) is 3.81. The zero-order chi connectivity index (χ0) is 21.7. The van der Waals surface area contributed by atoms with Crippen molar-refractivity contribution in [3.8, 4) is 17.0 Å². The molecule has 2 amide bonds. The van der Waals surface area contributed by atoms with E-state index in [1.165, 1.54) is 4.90 Å². The van der Waals surface area contributed by atoms with Crippen LogP contribution in [0.15, 0.2) is 66.7 Å². The zero-order valence-corrected chi connectivity index (χ0v) is 17.5. The van der Waals surface area contributed by atoms with Gasteiger partial charge in [0.25, 0.3) is 11.8 Å². The predicted molar refractivity (Wildman–Crippen MR) is 121 cm³/mol. The van der Waals surface area contributed by atoms with E-state index in [0.29, 0.717) is 39.2 Å². The SMILES string of the molecule is COc1ccc2nc(-c3ccccc3)c3c(c2c1)C(=O)N(c1c(C)cccc1C)C3=O. The van der Waals surface area contributed by atoms with Gasteiger partial charge < -0.3 is 4.74 Å². The number of aryl methyl sites for hydroxylation is 2. The zero-order valence-electron chi connectivity index (χ0n) is 17.5. The van der Waals surface area contributed by atoms with Crippen molar-refractivity contribution in [2.24, 2.45) is 0 Å². The summed E-state index contributed by atoms with van der Waals surface area (Å²) in [5, 5.41) is 0.612. The minimum absolute atomic E-state index is 0.333. The number of fused-ring (bicyclic) bond motifs is 3. The Labute approximate surface area is 179 Å². The van der Waals surface area contributed by atoms with E-state index in [1.807, 2.05) is 68.4 Å². The molecule has 0 bridgehead atoms. The van der Waals surface area contributed by atoms with Crippen molar-refractivity contribution in [2.45, 2.75) is 13.8 Å². The van der Waals surface area contributed by atoms with Gasteiger partial charge in [0.2, 0.25) is 0 Å². The van der Waals surface area contributed by atoms with Gasteiger partial charge >= 0.3 is 0 Å². The molecule has 152 valence electrons. The summed E-state index contributed by atoms with van der Waals surface area (Å²) >= 11 is 0. The third-order valence-electron chi connectivity index (χ3n) is 5.74. The molecule has 3 aromatic carbocycles. The molecule has 1 aromatic heterocycles. The van der Waals surface area contributed by atoms with Gasteiger partial charge in [0.15, 0.2) is 0 Å². The van der Waals surface area contributed by atoms with E-state index in [1.54, 1.807) is 19.2 Å². The van der Waals surface area contributed by atoms with E-state index in [9.17, 15) is 9.59 Å². The molecule has 0 N–H and O–H groups in total. The fourth-order valence-corrected chi connectivity index (χ4v) is 4.28. The number of aromatic nitrogens is 1. The standard InChI is InChI=1S/C26H20N2O3/c1-15-8-7-9-16(2)24(15)28-25(29)21-19-14-18(31-3)12-13-20(19)27-23(22(21)26(28)30)17-10-5-4-6-11-17/h4-14H,1-3H3. The second-order valence-electron chi connectivity index (χ2n) is 7.65. The van der Waals surface area contributed by atoms with Gasteiger partial charge in [0, 0.05) is 10.9 Å². The Morgan fingerprint density at radius 2 is 1.48 bits per heavy atom. The second-order valence-corrected chi connectivity index (χ2v) is 7.65. The lowest BCUT2D eigenvalue weighted by atomic mass is 9.98. The van der Waals surface area contributed by atoms with Crippen LogP contribution in [0.1, 0.15) is 31.8 Å². The molecular formula is C26H20N2O3. The lowest BCUT2D eigenvalue weighted by Gasteiger charge is -2.19. The first-order valence-corrected chi connectivity index (χ1v) is 10.0. The number of nitrogens with zero attached hydrogens (tertiary/aromatic N) is 2. The number of pyridine rings is 1. The minimum atomic E-state index is -0.353. The molecular weight excluding hydrogens is 388 g/mol. The topological polar surface area (TPSA) is 59.5 Å². The summed E-state index contributed by atoms with van der Waals surface area (Å²) in [6, 6.07) is 20.6. The average molecular weight is 408 g/mol. The Hall–Kier alpha value is -3.99. The smallest absolute Gasteiger partial charge is 0.268 e. The van der Waals surface area contributed by atoms with Gasteiger partial charge in [0.05, 0.1) is 35.1 Å². The minimum Gasteiger partial charge on any atom is -0.497 e. The van der Waals surface area contributed by atoms with E-state index in [0.717, 1.165) is 16.7 Å². The molecule has 0 fully saturated rings. The van der Waals surface area contributed by atoms with Gasteiger partial charge in [-0.15, -0.1) is 0 Å². The number of carbonyl (C=O) groups is 2. The molecule has 0 atom stereocenters. The first-order chi connectivity index (χ1) is 15.0. The summed E-state index contributed by atoms with van der Waals surface area (Å²) in [7, 11) is 1.57. The monoisotopic (exact) mass is 408 g/mol. The number of rotatable bonds is 3. The summed E-state index contributed by atoms with van der Waals surface area (Å²) in [5.41, 5.74) is 5.01. The molecule has 0 radical (unpaired) electrons. The molecule has 5 heteroatoms. The van der Waals surface area contributed by atoms with E-state index in [4.69, 9.17) is 9.72 Å². The number of imide groups is 1. The number of hydrogen-bond donors (Lipinski definition) is 0. The summed E-state index contributed by atoms with van der Waals surface area (Å²) in [4.78, 5) is 33.6. The predicted octanol–water partition coefficient (Wildman–Crippen LogP) is 5.33. The number of ether oxygens (including phenoxy) is 1. The molecule has 1 aliphatic heterocycles. The summed E-state index contributed by atoms with van der Waals surface area (Å²) in [5.74, 6) is -0.0848. The highest BCUT2D eigenvalue weighted by atomic mass is 16.5. The molecule has 0 saturated heterocycles. The van der Waals surface area contributed by atoms with E-state index >= 15 is 0 Å². The molecule has 31 heavy (non-hydrogen) atoms. The highest BCUT2D eigenvalue weighted by Gasteiger charge is 2.42. The van der Waals surface area contributed by atoms with Crippen molar-refractivity contribution < 1.29 is 14.3 Å². The van der Waals surface area contributed by atoms with Crippen LogP contribution in [0, 0.1) is 13.8 Å². The number of para-hydroxylation sites is 1. The number of hydrogen-bond acceptors (Lipinski definition) is 4. The van der Waals surface area contributed by atoms with E-state index in [2.05, 4.69) is 0 Å². The molecule has 5 rings (SSSR count). The van der Waals surface area contributed by atoms with Crippen molar-refractivity contribution in [1.82, 2.24) is 4.98 Å². The third kappa shape index (κ3) is 2.81. The number of benzene rings is 3. The Morgan fingerprint density at radius 3 is 2.16 bits per heavy atom. The van der Waals surface area contributed by atoms with Gasteiger partial charge in [-0.1, -0.05) is 48.5 Å². The molecule has 0 aliphatic carbocycles. The molecule has 0 saturated carbocycles. The van der Waals surface area contributed by atoms with Crippen molar-refractivity contribution in [3.63, 3.8) is 0 Å². The largest absolute Gasteiger partial charge is 0.497 e. The van der Waals surface area contributed by atoms with Crippen molar-refractivity contribution in [1.29, 1.82) is 0 Å². The Kier molecular flexibility index (Phi) is 4.33. The van der Waals surface area contributed by atoms with Crippen molar-refractivity contribution in [3.05, 3.63) is 89.0 Å². The van der Waals surface area contributed by atoms with Crippen LogP contribution < -0.4 is 9.64 Å². The van der Waals surface area contributed by atoms with Crippen LogP contribution in [0.3, 0.4) is 0 Å². The first-order valence-electron chi connectivity index (χ1n) is 10.0. The van der Waals surface area contributed by atoms with Crippen LogP contribution in [0.2, 0.25) is 0 Å². The maximum Gasteiger partial charge on any atom is 0.268 e. The average Bonchev–Trinajstić information content (AvgIpc) is 3.04. The quantitative estimate of drug-likeness (QED) is 0.430. The Morgan fingerprint density at radius 1 is 0.806 bits per heavy atom. The van der Waals surface area contributed by atoms with Crippen molar-refractivity contribution in [2.75, 3.05) is 12.0 Å². The highest BCUT2D eigenvalue weighted by Crippen LogP contribution is 2.40. The van der Waals surface area contributed by atoms with Gasteiger partial charge in [0.1, 0.15) is 5.75 Å². The van der Waals surface area contributed by atoms with Crippen LogP contribution in [0.25, 0.3) is 22.2 Å². The van der Waals surface area contributed by atoms with Crippen LogP contribution in [0.5, 0.6) is 5.75 Å². The summed E-state index contributed by atoms with van der Waals surface area (Å²) < 4.78 is 5.37. The first kappa shape index (κ1) is 19.0. The lowest BCUT2D eigenvalue weighted by Crippen LogP contribution is -2.30. The van der Waals surface area contributed by atoms with Gasteiger partial charge in [-0.05, 0) is 43.2 Å². The molecule has 1 aliphatic rings. The molecule has 0 unspecified atom stereocenters. The normalized spacial score (nSPS) is 13.1. The van der Waals surface area contributed by atoms with Gasteiger partial charge in [-0.2, -0.15) is 0 Å². The Balaban J connectivity index is 1.86. The fourth-order valence-electron chi connectivity index (χ4n) is 4.28. The molecule has 2 heterocycles. The molecule has 0 spiro atoms. The van der Waals surface area contributed by atoms with E-state index < -0.39 is 0 Å². The van der Waals surface area contributed by atoms with Crippen molar-refractivity contribution >= 4 is 28.4 Å². The maximum atomic E-state index is 13.7. The lowest BCUT2D eigenvalue weighted by molar-refractivity contribution is 0.0926. The second kappa shape index (κ2) is 7.06. The van der Waals surface area contributed by atoms with Gasteiger partial charge in [-0.25, -0.2) is 9.88 Å². The maximum absolute atomic E-state index is 13.7. The van der Waals surface area contributed by atoms with Crippen LogP contribution in [-0.2, 0) is 0 Å². The molecule has 5 nitrogen and oxygen atoms in total. The number of amides is 2. The number of carbonyl (C=O) groups excluding carboxylic acids is 2. The van der Waals surface area contributed by atoms with Crippen LogP contribution in [0.4, 0.5) is 5.69 Å².